The molecule has 2 atom stereocenters. The minimum atomic E-state index is -0.720. The summed E-state index contributed by atoms with van der Waals surface area (Å²) in [6.45, 7) is -0.194. The van der Waals surface area contributed by atoms with Gasteiger partial charge in [-0.3, -0.25) is 14.7 Å². The lowest BCUT2D eigenvalue weighted by atomic mass is 10.4. The maximum atomic E-state index is 11.6. The van der Waals surface area contributed by atoms with E-state index in [0.717, 1.165) is 10.8 Å². The Morgan fingerprint density at radius 1 is 1.78 bits per heavy atom. The number of nitrogens with two attached hydrogens (primary N) is 1. The molecule has 1 aliphatic rings. The molecule has 0 aromatic carbocycles. The zero-order valence-electron chi connectivity index (χ0n) is 9.05. The van der Waals surface area contributed by atoms with E-state index in [1.54, 1.807) is 0 Å². The Kier molecular flexibility index (Phi) is 3.50. The fraction of sp³-hybridized carbons (Fsp3) is 0.500. The topological polar surface area (TPSA) is 134 Å². The highest BCUT2D eigenvalue weighted by atomic mass is 32.2. The maximum Gasteiger partial charge on any atom is 0.352 e. The number of rotatable bonds is 3. The van der Waals surface area contributed by atoms with E-state index in [4.69, 9.17) is 15.6 Å². The molecule has 9 nitrogen and oxygen atoms in total. The van der Waals surface area contributed by atoms with Gasteiger partial charge < -0.3 is 15.6 Å². The number of aliphatic hydroxyl groups excluding tert-OH is 1. The van der Waals surface area contributed by atoms with Crippen LogP contribution in [-0.2, 0) is 4.74 Å². The van der Waals surface area contributed by atoms with Gasteiger partial charge in [-0.15, -0.1) is 11.8 Å². The summed E-state index contributed by atoms with van der Waals surface area (Å²) >= 11 is 1.31. The molecule has 0 spiro atoms. The minimum absolute atomic E-state index is 0.194. The predicted octanol–water partition coefficient (Wildman–Crippen LogP) is -0.686. The van der Waals surface area contributed by atoms with Crippen LogP contribution in [0.5, 0.6) is 0 Å². The molecule has 10 heteroatoms. The van der Waals surface area contributed by atoms with Gasteiger partial charge in [0.2, 0.25) is 5.82 Å². The summed E-state index contributed by atoms with van der Waals surface area (Å²) < 4.78 is 6.34. The molecule has 0 aliphatic carbocycles. The second-order valence-electron chi connectivity index (χ2n) is 3.49. The third-order valence-corrected chi connectivity index (χ3v) is 3.46. The largest absolute Gasteiger partial charge is 0.393 e. The summed E-state index contributed by atoms with van der Waals surface area (Å²) in [7, 11) is 0. The molecule has 2 rings (SSSR count). The van der Waals surface area contributed by atoms with E-state index in [-0.39, 0.29) is 6.61 Å². The maximum absolute atomic E-state index is 11.6. The van der Waals surface area contributed by atoms with E-state index in [1.807, 2.05) is 0 Å². The van der Waals surface area contributed by atoms with Crippen molar-refractivity contribution in [1.29, 1.82) is 0 Å². The molecule has 98 valence electrons. The monoisotopic (exact) mass is 274 g/mol. The Morgan fingerprint density at radius 3 is 3.06 bits per heavy atom. The van der Waals surface area contributed by atoms with Crippen molar-refractivity contribution in [2.24, 2.45) is 0 Å². The number of hydrogen-bond donors (Lipinski definition) is 2. The first kappa shape index (κ1) is 12.8. The van der Waals surface area contributed by atoms with Gasteiger partial charge in [-0.2, -0.15) is 4.98 Å². The number of aromatic nitrogens is 2. The van der Waals surface area contributed by atoms with Crippen LogP contribution in [0.15, 0.2) is 11.0 Å². The van der Waals surface area contributed by atoms with Gasteiger partial charge in [-0.05, 0) is 0 Å². The fourth-order valence-electron chi connectivity index (χ4n) is 1.50. The van der Waals surface area contributed by atoms with E-state index < -0.39 is 33.8 Å². The third-order valence-electron chi connectivity index (χ3n) is 2.35. The summed E-state index contributed by atoms with van der Waals surface area (Å²) in [6.07, 6.45) is 0.321. The molecule has 0 unspecified atom stereocenters. The molecule has 0 bridgehead atoms. The third kappa shape index (κ3) is 2.30. The second kappa shape index (κ2) is 4.92. The van der Waals surface area contributed by atoms with Crippen molar-refractivity contribution >= 4 is 23.3 Å². The first-order valence-corrected chi connectivity index (χ1v) is 5.98. The van der Waals surface area contributed by atoms with Crippen LogP contribution < -0.4 is 11.4 Å². The normalized spacial score (nSPS) is 23.2. The van der Waals surface area contributed by atoms with Crippen LogP contribution in [0.2, 0.25) is 0 Å². The van der Waals surface area contributed by atoms with Crippen LogP contribution in [0.25, 0.3) is 0 Å². The van der Waals surface area contributed by atoms with Gasteiger partial charge in [0, 0.05) is 5.75 Å². The number of ether oxygens (including phenoxy) is 1. The number of nitrogens with zero attached hydrogens (tertiary/aromatic N) is 3. The Morgan fingerprint density at radius 2 is 2.50 bits per heavy atom. The molecule has 1 aliphatic heterocycles. The van der Waals surface area contributed by atoms with Crippen molar-refractivity contribution in [3.05, 3.63) is 26.8 Å². The first-order valence-electron chi connectivity index (χ1n) is 4.94. The quantitative estimate of drug-likeness (QED) is 0.546. The number of anilines is 1. The molecule has 3 N–H and O–H groups in total. The zero-order chi connectivity index (χ0) is 13.3. The van der Waals surface area contributed by atoms with Gasteiger partial charge in [0.05, 0.1) is 17.7 Å². The lowest BCUT2D eigenvalue weighted by Crippen LogP contribution is -2.29. The highest BCUT2D eigenvalue weighted by Crippen LogP contribution is 2.31. The summed E-state index contributed by atoms with van der Waals surface area (Å²) in [6, 6.07) is 0. The molecule has 1 fully saturated rings. The standard InChI is InChI=1S/C8H10N4O5S/c9-7-4(12(15)16)1-11(8(14)10-7)5-3-18-6(2-13)17-5/h1,5-6,13H,2-3H2,(H2,9,10,14)/t5-,6+/m1/s1. The Hall–Kier alpha value is -1.65. The summed E-state index contributed by atoms with van der Waals surface area (Å²) in [5.74, 6) is -0.0287. The second-order valence-corrected chi connectivity index (χ2v) is 4.69. The lowest BCUT2D eigenvalue weighted by molar-refractivity contribution is -0.384. The SMILES string of the molecule is Nc1nc(=O)n([C@H]2CS[C@@H](CO)O2)cc1[N+](=O)[O-]. The van der Waals surface area contributed by atoms with Crippen molar-refractivity contribution in [3.8, 4) is 0 Å². The van der Waals surface area contributed by atoms with Crippen molar-refractivity contribution in [1.82, 2.24) is 9.55 Å². The number of thioether (sulfide) groups is 1. The van der Waals surface area contributed by atoms with Gasteiger partial charge in [0.15, 0.2) is 0 Å². The molecular formula is C8H10N4O5S. The smallest absolute Gasteiger partial charge is 0.352 e. The van der Waals surface area contributed by atoms with Gasteiger partial charge in [-0.25, -0.2) is 4.79 Å². The zero-order valence-corrected chi connectivity index (χ0v) is 9.87. The molecule has 1 aromatic heterocycles. The van der Waals surface area contributed by atoms with Gasteiger partial charge in [0.25, 0.3) is 0 Å². The number of nitrogen functional groups attached to an aromatic ring is 1. The van der Waals surface area contributed by atoms with Gasteiger partial charge in [-0.1, -0.05) is 0 Å². The van der Waals surface area contributed by atoms with Gasteiger partial charge in [0.1, 0.15) is 11.7 Å². The highest BCUT2D eigenvalue weighted by molar-refractivity contribution is 8.00. The Balaban J connectivity index is 2.36. The number of nitro groups is 1. The van der Waals surface area contributed by atoms with Crippen LogP contribution in [0.1, 0.15) is 6.23 Å². The first-order chi connectivity index (χ1) is 8.52. The van der Waals surface area contributed by atoms with Crippen LogP contribution in [0, 0.1) is 10.1 Å². The molecule has 0 radical (unpaired) electrons. The summed E-state index contributed by atoms with van der Waals surface area (Å²) in [5.41, 5.74) is 3.68. The van der Waals surface area contributed by atoms with Crippen LogP contribution >= 0.6 is 11.8 Å². The predicted molar refractivity (Wildman–Crippen MR) is 63.0 cm³/mol. The van der Waals surface area contributed by atoms with E-state index in [9.17, 15) is 14.9 Å². The van der Waals surface area contributed by atoms with Crippen molar-refractivity contribution in [2.45, 2.75) is 11.7 Å². The fourth-order valence-corrected chi connectivity index (χ4v) is 2.43. The van der Waals surface area contributed by atoms with Crippen molar-refractivity contribution < 1.29 is 14.8 Å². The number of hydrogen-bond acceptors (Lipinski definition) is 8. The molecule has 1 aromatic rings. The Labute approximate surface area is 105 Å². The van der Waals surface area contributed by atoms with Crippen molar-refractivity contribution in [3.63, 3.8) is 0 Å². The molecule has 1 saturated heterocycles. The summed E-state index contributed by atoms with van der Waals surface area (Å²) in [5, 5.41) is 19.6. The van der Waals surface area contributed by atoms with Crippen LogP contribution in [0.4, 0.5) is 11.5 Å². The number of aliphatic hydroxyl groups is 1. The van der Waals surface area contributed by atoms with Gasteiger partial charge >= 0.3 is 11.4 Å². The highest BCUT2D eigenvalue weighted by Gasteiger charge is 2.29. The lowest BCUT2D eigenvalue weighted by Gasteiger charge is -2.13. The molecular weight excluding hydrogens is 264 g/mol. The van der Waals surface area contributed by atoms with Crippen LogP contribution in [0.3, 0.4) is 0 Å². The molecule has 0 saturated carbocycles. The van der Waals surface area contributed by atoms with E-state index in [1.165, 1.54) is 11.8 Å². The average Bonchev–Trinajstić information content (AvgIpc) is 2.77. The Bertz CT molecular complexity index is 533. The van der Waals surface area contributed by atoms with Crippen molar-refractivity contribution in [2.75, 3.05) is 18.1 Å². The van der Waals surface area contributed by atoms with E-state index in [0.29, 0.717) is 5.75 Å². The average molecular weight is 274 g/mol. The minimum Gasteiger partial charge on any atom is -0.393 e. The molecule has 0 amide bonds. The van der Waals surface area contributed by atoms with Crippen LogP contribution in [-0.4, -0.2) is 37.4 Å². The summed E-state index contributed by atoms with van der Waals surface area (Å²) in [4.78, 5) is 25.0. The van der Waals surface area contributed by atoms with E-state index >= 15 is 0 Å². The molecule has 2 heterocycles. The molecule has 18 heavy (non-hydrogen) atoms. The van der Waals surface area contributed by atoms with E-state index in [2.05, 4.69) is 4.98 Å².